The minimum absolute atomic E-state index is 0.0147. The van der Waals surface area contributed by atoms with E-state index in [1.165, 1.54) is 19.3 Å². The lowest BCUT2D eigenvalue weighted by molar-refractivity contribution is 0.000839. The van der Waals surface area contributed by atoms with Gasteiger partial charge < -0.3 is 5.32 Å². The third kappa shape index (κ3) is 4.86. The quantitative estimate of drug-likeness (QED) is 0.520. The van der Waals surface area contributed by atoms with Gasteiger partial charge in [-0.3, -0.25) is 19.2 Å². The van der Waals surface area contributed by atoms with Crippen molar-refractivity contribution < 1.29 is 9.18 Å². The van der Waals surface area contributed by atoms with Crippen molar-refractivity contribution in [1.29, 1.82) is 0 Å². The fourth-order valence-corrected chi connectivity index (χ4v) is 6.15. The molecule has 1 aliphatic heterocycles. The van der Waals surface area contributed by atoms with Crippen LogP contribution >= 0.6 is 11.6 Å². The molecule has 1 N–H and O–H groups in total. The van der Waals surface area contributed by atoms with E-state index < -0.39 is 5.82 Å². The van der Waals surface area contributed by atoms with E-state index in [-0.39, 0.29) is 17.4 Å². The van der Waals surface area contributed by atoms with Crippen LogP contribution in [0.1, 0.15) is 56.3 Å². The van der Waals surface area contributed by atoms with Gasteiger partial charge in [0.15, 0.2) is 5.82 Å². The van der Waals surface area contributed by atoms with Crippen molar-refractivity contribution in [1.82, 2.24) is 29.7 Å². The normalized spacial score (nSPS) is 19.1. The molecule has 1 aromatic carbocycles. The first-order valence-corrected chi connectivity index (χ1v) is 13.3. The van der Waals surface area contributed by atoms with E-state index in [4.69, 9.17) is 11.6 Å². The number of halogens is 2. The highest BCUT2D eigenvalue weighted by Gasteiger charge is 2.40. The van der Waals surface area contributed by atoms with Crippen molar-refractivity contribution >= 4 is 28.4 Å². The second kappa shape index (κ2) is 10.4. The molecule has 9 heteroatoms. The van der Waals surface area contributed by atoms with Crippen LogP contribution in [0.4, 0.5) is 4.39 Å². The maximum Gasteiger partial charge on any atom is 0.253 e. The minimum Gasteiger partial charge on any atom is -0.350 e. The van der Waals surface area contributed by atoms with Crippen LogP contribution in [0.3, 0.4) is 0 Å². The highest BCUT2D eigenvalue weighted by Crippen LogP contribution is 2.35. The van der Waals surface area contributed by atoms with Crippen molar-refractivity contribution in [2.45, 2.75) is 57.5 Å². The molecule has 1 amide bonds. The van der Waals surface area contributed by atoms with Crippen LogP contribution in [0.5, 0.6) is 0 Å². The van der Waals surface area contributed by atoms with E-state index in [1.54, 1.807) is 16.8 Å². The van der Waals surface area contributed by atoms with Gasteiger partial charge in [-0.2, -0.15) is 0 Å². The van der Waals surface area contributed by atoms with E-state index in [9.17, 15) is 9.18 Å². The van der Waals surface area contributed by atoms with Gasteiger partial charge in [0.2, 0.25) is 5.95 Å². The van der Waals surface area contributed by atoms with E-state index in [1.807, 2.05) is 12.1 Å². The number of benzene rings is 1. The van der Waals surface area contributed by atoms with Crippen LogP contribution in [-0.2, 0) is 0 Å². The Morgan fingerprint density at radius 2 is 1.81 bits per heavy atom. The summed E-state index contributed by atoms with van der Waals surface area (Å²) >= 11 is 6.56. The van der Waals surface area contributed by atoms with Gasteiger partial charge in [-0.25, -0.2) is 14.4 Å². The summed E-state index contributed by atoms with van der Waals surface area (Å²) in [4.78, 5) is 27.0. The summed E-state index contributed by atoms with van der Waals surface area (Å²) in [5, 5.41) is 4.40. The first-order chi connectivity index (χ1) is 17.4. The summed E-state index contributed by atoms with van der Waals surface area (Å²) in [6, 6.07) is 6.01. The molecule has 0 atom stereocenters. The fourth-order valence-electron chi connectivity index (χ4n) is 5.88. The van der Waals surface area contributed by atoms with Gasteiger partial charge >= 0.3 is 0 Å². The molecule has 7 nitrogen and oxygen atoms in total. The molecular weight excluding hydrogens is 479 g/mol. The van der Waals surface area contributed by atoms with Crippen LogP contribution in [0.15, 0.2) is 36.8 Å². The third-order valence-electron chi connectivity index (χ3n) is 7.92. The highest BCUT2D eigenvalue weighted by atomic mass is 35.5. The second-order valence-electron chi connectivity index (χ2n) is 10.3. The molecule has 5 rings (SSSR count). The SMILES string of the molecule is CC(C)N1CCN(C2(CNC(=O)c3cn(-c4ncc(F)cn4)c4cccc(Cl)c34)CCCCC2)CC1. The summed E-state index contributed by atoms with van der Waals surface area (Å²) in [7, 11) is 0. The largest absolute Gasteiger partial charge is 0.350 e. The Bertz CT molecular complexity index is 1210. The Morgan fingerprint density at radius 1 is 1.11 bits per heavy atom. The van der Waals surface area contributed by atoms with Crippen LogP contribution < -0.4 is 5.32 Å². The smallest absolute Gasteiger partial charge is 0.253 e. The molecule has 0 spiro atoms. The summed E-state index contributed by atoms with van der Waals surface area (Å²) in [6.45, 7) is 9.30. The minimum atomic E-state index is -0.516. The van der Waals surface area contributed by atoms with Gasteiger partial charge in [-0.1, -0.05) is 36.9 Å². The summed E-state index contributed by atoms with van der Waals surface area (Å²) in [5.41, 5.74) is 1.16. The summed E-state index contributed by atoms with van der Waals surface area (Å²) in [6.07, 6.45) is 9.76. The van der Waals surface area contributed by atoms with Gasteiger partial charge in [0, 0.05) is 55.9 Å². The van der Waals surface area contributed by atoms with Crippen molar-refractivity contribution in [2.24, 2.45) is 0 Å². The van der Waals surface area contributed by atoms with E-state index >= 15 is 0 Å². The molecule has 1 saturated carbocycles. The number of fused-ring (bicyclic) bond motifs is 1. The number of amides is 1. The lowest BCUT2D eigenvalue weighted by Gasteiger charge is -2.50. The number of carbonyl (C=O) groups is 1. The number of carbonyl (C=O) groups excluding carboxylic acids is 1. The zero-order valence-corrected chi connectivity index (χ0v) is 21.8. The zero-order chi connectivity index (χ0) is 25.3. The number of piperazine rings is 1. The predicted octanol–water partition coefficient (Wildman–Crippen LogP) is 4.67. The molecule has 1 saturated heterocycles. The molecule has 36 heavy (non-hydrogen) atoms. The molecule has 2 aliphatic rings. The summed E-state index contributed by atoms with van der Waals surface area (Å²) in [5.74, 6) is -0.396. The lowest BCUT2D eigenvalue weighted by atomic mass is 9.79. The molecular formula is C27H34ClFN6O. The number of hydrogen-bond donors (Lipinski definition) is 1. The Morgan fingerprint density at radius 3 is 2.47 bits per heavy atom. The van der Waals surface area contributed by atoms with Crippen molar-refractivity contribution in [2.75, 3.05) is 32.7 Å². The van der Waals surface area contributed by atoms with E-state index in [0.717, 1.165) is 51.4 Å². The molecule has 192 valence electrons. The standard InChI is InChI=1S/C27H34ClFN6O/c1-19(2)33-11-13-34(14-12-33)27(9-4-3-5-10-27)18-32-25(36)21-17-35(26-30-15-20(29)16-31-26)23-8-6-7-22(28)24(21)23/h6-8,15-17,19H,3-5,9-14,18H2,1-2H3,(H,32,36). The van der Waals surface area contributed by atoms with Crippen LogP contribution in [0.2, 0.25) is 5.02 Å². The maximum atomic E-state index is 13.6. The molecule has 0 unspecified atom stereocenters. The second-order valence-corrected chi connectivity index (χ2v) is 10.7. The molecule has 1 aliphatic carbocycles. The van der Waals surface area contributed by atoms with E-state index in [0.29, 0.717) is 34.1 Å². The zero-order valence-electron chi connectivity index (χ0n) is 21.0. The third-order valence-corrected chi connectivity index (χ3v) is 8.24. The van der Waals surface area contributed by atoms with Crippen LogP contribution in [-0.4, -0.2) is 74.5 Å². The number of aromatic nitrogens is 3. The molecule has 0 radical (unpaired) electrons. The number of nitrogens with zero attached hydrogens (tertiary/aromatic N) is 5. The molecule has 3 heterocycles. The molecule has 2 aromatic heterocycles. The van der Waals surface area contributed by atoms with Crippen molar-refractivity contribution in [3.8, 4) is 5.95 Å². The molecule has 2 fully saturated rings. The van der Waals surface area contributed by atoms with Crippen LogP contribution in [0, 0.1) is 5.82 Å². The van der Waals surface area contributed by atoms with Gasteiger partial charge in [-0.05, 0) is 38.8 Å². The fraction of sp³-hybridized carbons (Fsp3) is 0.519. The van der Waals surface area contributed by atoms with Gasteiger partial charge in [0.05, 0.1) is 28.5 Å². The first-order valence-electron chi connectivity index (χ1n) is 12.9. The van der Waals surface area contributed by atoms with E-state index in [2.05, 4.69) is 38.9 Å². The van der Waals surface area contributed by atoms with Gasteiger partial charge in [0.1, 0.15) is 0 Å². The Labute approximate surface area is 216 Å². The number of rotatable bonds is 6. The number of nitrogens with one attached hydrogen (secondary N) is 1. The maximum absolute atomic E-state index is 13.6. The average Bonchev–Trinajstić information content (AvgIpc) is 3.29. The van der Waals surface area contributed by atoms with Crippen molar-refractivity contribution in [3.05, 3.63) is 53.2 Å². The lowest BCUT2D eigenvalue weighted by Crippen LogP contribution is -2.62. The van der Waals surface area contributed by atoms with Gasteiger partial charge in [-0.15, -0.1) is 0 Å². The monoisotopic (exact) mass is 512 g/mol. The topological polar surface area (TPSA) is 66.3 Å². The van der Waals surface area contributed by atoms with Gasteiger partial charge in [0.25, 0.3) is 5.91 Å². The highest BCUT2D eigenvalue weighted by molar-refractivity contribution is 6.37. The number of hydrogen-bond acceptors (Lipinski definition) is 5. The Kier molecular flexibility index (Phi) is 7.28. The average molecular weight is 513 g/mol. The molecule has 0 bridgehead atoms. The Balaban J connectivity index is 1.40. The predicted molar refractivity (Wildman–Crippen MR) is 140 cm³/mol. The summed E-state index contributed by atoms with van der Waals surface area (Å²) < 4.78 is 15.1. The van der Waals surface area contributed by atoms with Crippen molar-refractivity contribution in [3.63, 3.8) is 0 Å². The Hall–Kier alpha value is -2.55. The van der Waals surface area contributed by atoms with Crippen LogP contribution in [0.25, 0.3) is 16.9 Å². The molecule has 3 aromatic rings. The first kappa shape index (κ1) is 25.1.